The molecule has 0 aliphatic heterocycles. The fourth-order valence-electron chi connectivity index (χ4n) is 1.02. The Hall–Kier alpha value is -2.58. The maximum atomic E-state index is 8.50. The van der Waals surface area contributed by atoms with Gasteiger partial charge in [0.25, 0.3) is 0 Å². The molecule has 0 unspecified atom stereocenters. The van der Waals surface area contributed by atoms with E-state index in [1.807, 2.05) is 30.3 Å². The van der Waals surface area contributed by atoms with Crippen LogP contribution in [0.25, 0.3) is 0 Å². The minimum absolute atomic E-state index is 0.560. The molecule has 1 aromatic heterocycles. The molecule has 0 fully saturated rings. The minimum atomic E-state index is 0.560. The second-order valence-corrected chi connectivity index (χ2v) is 2.83. The molecule has 1 aromatic carbocycles. The highest BCUT2D eigenvalue weighted by Gasteiger charge is 1.93. The van der Waals surface area contributed by atoms with E-state index in [0.717, 1.165) is 0 Å². The molecule has 0 aliphatic rings. The van der Waals surface area contributed by atoms with E-state index in [0.29, 0.717) is 11.1 Å². The van der Waals surface area contributed by atoms with Crippen molar-refractivity contribution < 1.29 is 0 Å². The van der Waals surface area contributed by atoms with Crippen LogP contribution in [0.2, 0.25) is 0 Å². The number of hydrogen-bond donors (Lipinski definition) is 0. The monoisotopic (exact) mass is 206 g/mol. The average molecular weight is 206 g/mol. The maximum Gasteiger partial charge on any atom is 0.100 e. The van der Waals surface area contributed by atoms with Crippen LogP contribution in [0.4, 0.5) is 0 Å². The number of hydrogen-bond acceptors (Lipinski definition) is 2. The highest BCUT2D eigenvalue weighted by molar-refractivity contribution is 5.46. The number of nitrogens with zero attached hydrogens (tertiary/aromatic N) is 2. The molecule has 0 N–H and O–H groups in total. The summed E-state index contributed by atoms with van der Waals surface area (Å²) in [6.45, 7) is 0. The van der Waals surface area contributed by atoms with Crippen LogP contribution < -0.4 is 0 Å². The van der Waals surface area contributed by atoms with Crippen LogP contribution in [-0.2, 0) is 0 Å². The van der Waals surface area contributed by atoms with Gasteiger partial charge in [0.15, 0.2) is 0 Å². The lowest BCUT2D eigenvalue weighted by Gasteiger charge is -1.90. The molecule has 1 heterocycles. The number of aromatic nitrogens is 1. The summed E-state index contributed by atoms with van der Waals surface area (Å²) >= 11 is 0. The van der Waals surface area contributed by atoms with Crippen LogP contribution in [0, 0.1) is 23.7 Å². The van der Waals surface area contributed by atoms with Gasteiger partial charge in [0, 0.05) is 18.0 Å². The first-order chi connectivity index (χ1) is 7.88. The first kappa shape index (κ1) is 11.5. The lowest BCUT2D eigenvalue weighted by atomic mass is 10.1. The van der Waals surface area contributed by atoms with Gasteiger partial charge in [0.05, 0.1) is 5.56 Å². The standard InChI is InChI=1S/C9H5N.C5H5N/c1-2-8-5-3-4-6-9(8)7-10;1-2-4-6-5-3-1/h1,3-6H;1-5H. The van der Waals surface area contributed by atoms with E-state index in [9.17, 15) is 0 Å². The van der Waals surface area contributed by atoms with Crippen molar-refractivity contribution in [2.45, 2.75) is 0 Å². The van der Waals surface area contributed by atoms with E-state index in [-0.39, 0.29) is 0 Å². The van der Waals surface area contributed by atoms with E-state index in [4.69, 9.17) is 11.7 Å². The van der Waals surface area contributed by atoms with Gasteiger partial charge in [-0.15, -0.1) is 6.42 Å². The predicted octanol–water partition coefficient (Wildman–Crippen LogP) is 2.62. The summed E-state index contributed by atoms with van der Waals surface area (Å²) in [5.41, 5.74) is 1.22. The van der Waals surface area contributed by atoms with Gasteiger partial charge in [-0.2, -0.15) is 5.26 Å². The lowest BCUT2D eigenvalue weighted by molar-refractivity contribution is 1.33. The SMILES string of the molecule is C#Cc1ccccc1C#N.c1ccncc1. The summed E-state index contributed by atoms with van der Waals surface area (Å²) in [7, 11) is 0. The molecule has 2 nitrogen and oxygen atoms in total. The van der Waals surface area contributed by atoms with Crippen LogP contribution in [-0.4, -0.2) is 4.98 Å². The van der Waals surface area contributed by atoms with Gasteiger partial charge in [0.2, 0.25) is 0 Å². The third-order valence-electron chi connectivity index (χ3n) is 1.77. The number of pyridine rings is 1. The normalized spacial score (nSPS) is 7.88. The summed E-state index contributed by atoms with van der Waals surface area (Å²) in [6, 6.07) is 14.8. The van der Waals surface area contributed by atoms with Crippen molar-refractivity contribution in [2.75, 3.05) is 0 Å². The van der Waals surface area contributed by atoms with Crippen molar-refractivity contribution in [1.29, 1.82) is 5.26 Å². The van der Waals surface area contributed by atoms with Crippen LogP contribution in [0.3, 0.4) is 0 Å². The van der Waals surface area contributed by atoms with Crippen molar-refractivity contribution in [3.8, 4) is 18.4 Å². The summed E-state index contributed by atoms with van der Waals surface area (Å²) in [6.07, 6.45) is 8.63. The molecule has 0 amide bonds. The smallest absolute Gasteiger partial charge is 0.100 e. The molecular formula is C14H10N2. The highest BCUT2D eigenvalue weighted by atomic mass is 14.6. The van der Waals surface area contributed by atoms with Gasteiger partial charge in [-0.05, 0) is 24.3 Å². The molecule has 0 saturated carbocycles. The number of nitriles is 1. The molecule has 2 aromatic rings. The summed E-state index contributed by atoms with van der Waals surface area (Å²) in [5.74, 6) is 2.42. The van der Waals surface area contributed by atoms with E-state index >= 15 is 0 Å². The van der Waals surface area contributed by atoms with E-state index in [1.54, 1.807) is 30.6 Å². The summed E-state index contributed by atoms with van der Waals surface area (Å²) in [5, 5.41) is 8.50. The molecule has 0 aliphatic carbocycles. The topological polar surface area (TPSA) is 36.7 Å². The molecule has 0 saturated heterocycles. The second-order valence-electron chi connectivity index (χ2n) is 2.83. The zero-order valence-corrected chi connectivity index (χ0v) is 8.67. The van der Waals surface area contributed by atoms with Crippen LogP contribution >= 0.6 is 0 Å². The molecule has 16 heavy (non-hydrogen) atoms. The maximum absolute atomic E-state index is 8.50. The highest BCUT2D eigenvalue weighted by Crippen LogP contribution is 2.03. The Kier molecular flexibility index (Phi) is 4.89. The quantitative estimate of drug-likeness (QED) is 0.621. The fourth-order valence-corrected chi connectivity index (χ4v) is 1.02. The molecule has 2 rings (SSSR count). The Morgan fingerprint density at radius 1 is 0.938 bits per heavy atom. The lowest BCUT2D eigenvalue weighted by Crippen LogP contribution is -1.79. The van der Waals surface area contributed by atoms with Gasteiger partial charge in [0.1, 0.15) is 6.07 Å². The molecular weight excluding hydrogens is 196 g/mol. The first-order valence-corrected chi connectivity index (χ1v) is 4.69. The number of rotatable bonds is 0. The van der Waals surface area contributed by atoms with Crippen molar-refractivity contribution in [3.05, 3.63) is 66.0 Å². The van der Waals surface area contributed by atoms with Crippen molar-refractivity contribution in [1.82, 2.24) is 4.98 Å². The molecule has 0 radical (unpaired) electrons. The Labute approximate surface area is 95.2 Å². The Morgan fingerprint density at radius 2 is 1.56 bits per heavy atom. The Balaban J connectivity index is 0.000000181. The van der Waals surface area contributed by atoms with E-state index < -0.39 is 0 Å². The van der Waals surface area contributed by atoms with Gasteiger partial charge >= 0.3 is 0 Å². The van der Waals surface area contributed by atoms with Crippen LogP contribution in [0.5, 0.6) is 0 Å². The Bertz CT molecular complexity index is 445. The number of benzene rings is 1. The predicted molar refractivity (Wildman–Crippen MR) is 63.3 cm³/mol. The van der Waals surface area contributed by atoms with Gasteiger partial charge < -0.3 is 0 Å². The largest absolute Gasteiger partial charge is 0.265 e. The zero-order chi connectivity index (χ0) is 11.6. The average Bonchev–Trinajstić information content (AvgIpc) is 2.41. The molecule has 2 heteroatoms. The van der Waals surface area contributed by atoms with Crippen molar-refractivity contribution >= 4 is 0 Å². The second kappa shape index (κ2) is 6.81. The molecule has 76 valence electrons. The fraction of sp³-hybridized carbons (Fsp3) is 0. The molecule has 0 spiro atoms. The zero-order valence-electron chi connectivity index (χ0n) is 8.67. The van der Waals surface area contributed by atoms with E-state index in [2.05, 4.69) is 10.9 Å². The van der Waals surface area contributed by atoms with Crippen LogP contribution in [0.15, 0.2) is 54.9 Å². The van der Waals surface area contributed by atoms with Crippen LogP contribution in [0.1, 0.15) is 11.1 Å². The summed E-state index contributed by atoms with van der Waals surface area (Å²) in [4.78, 5) is 3.78. The van der Waals surface area contributed by atoms with Gasteiger partial charge in [-0.3, -0.25) is 4.98 Å². The number of terminal acetylenes is 1. The van der Waals surface area contributed by atoms with Gasteiger partial charge in [-0.1, -0.05) is 24.1 Å². The van der Waals surface area contributed by atoms with Crippen molar-refractivity contribution in [3.63, 3.8) is 0 Å². The molecule has 0 atom stereocenters. The third kappa shape index (κ3) is 3.65. The Morgan fingerprint density at radius 3 is 1.88 bits per heavy atom. The molecule has 0 bridgehead atoms. The summed E-state index contributed by atoms with van der Waals surface area (Å²) < 4.78 is 0. The van der Waals surface area contributed by atoms with Crippen molar-refractivity contribution in [2.24, 2.45) is 0 Å². The first-order valence-electron chi connectivity index (χ1n) is 4.69. The third-order valence-corrected chi connectivity index (χ3v) is 1.77. The van der Waals surface area contributed by atoms with Gasteiger partial charge in [-0.25, -0.2) is 0 Å². The van der Waals surface area contributed by atoms with E-state index in [1.165, 1.54) is 0 Å². The minimum Gasteiger partial charge on any atom is -0.265 e.